The van der Waals surface area contributed by atoms with E-state index in [9.17, 15) is 8.42 Å². The lowest BCUT2D eigenvalue weighted by Crippen LogP contribution is -2.41. The topological polar surface area (TPSA) is 67.4 Å². The maximum absolute atomic E-state index is 11.6. The van der Waals surface area contributed by atoms with E-state index in [1.54, 1.807) is 6.92 Å². The van der Waals surface area contributed by atoms with Gasteiger partial charge in [0.15, 0.2) is 0 Å². The fourth-order valence-electron chi connectivity index (χ4n) is 0.940. The van der Waals surface area contributed by atoms with Crippen molar-refractivity contribution in [1.29, 1.82) is 0 Å². The summed E-state index contributed by atoms with van der Waals surface area (Å²) in [6.07, 6.45) is 0. The van der Waals surface area contributed by atoms with Gasteiger partial charge in [-0.15, -0.1) is 0 Å². The lowest BCUT2D eigenvalue weighted by Gasteiger charge is -2.16. The Balaban J connectivity index is 3.97. The largest absolute Gasteiger partial charge is 0.383 e. The minimum Gasteiger partial charge on any atom is -0.383 e. The quantitative estimate of drug-likeness (QED) is 0.581. The molecule has 0 aromatic heterocycles. The zero-order valence-electron chi connectivity index (χ0n) is 9.91. The van der Waals surface area contributed by atoms with Crippen LogP contribution in [0.2, 0.25) is 0 Å². The summed E-state index contributed by atoms with van der Waals surface area (Å²) in [4.78, 5) is 0. The first-order valence-corrected chi connectivity index (χ1v) is 6.65. The van der Waals surface area contributed by atoms with Crippen molar-refractivity contribution in [2.45, 2.75) is 32.1 Å². The van der Waals surface area contributed by atoms with E-state index in [0.29, 0.717) is 25.7 Å². The standard InChI is InChI=1S/C9H22N2O3S/c1-8(2)10-7-9(3)15(12,13)11-5-6-14-4/h8-11H,5-7H2,1-4H3. The SMILES string of the molecule is COCCNS(=O)(=O)C(C)CNC(C)C. The van der Waals surface area contributed by atoms with Crippen LogP contribution in [0.4, 0.5) is 0 Å². The van der Waals surface area contributed by atoms with Crippen LogP contribution >= 0.6 is 0 Å². The summed E-state index contributed by atoms with van der Waals surface area (Å²) in [6.45, 7) is 6.83. The average Bonchev–Trinajstić information content (AvgIpc) is 2.14. The molecule has 0 bridgehead atoms. The van der Waals surface area contributed by atoms with Gasteiger partial charge in [-0.2, -0.15) is 0 Å². The second-order valence-corrected chi connectivity index (χ2v) is 5.99. The predicted octanol–water partition coefficient (Wildman–Crippen LogP) is -0.0613. The van der Waals surface area contributed by atoms with E-state index >= 15 is 0 Å². The molecule has 0 rings (SSSR count). The van der Waals surface area contributed by atoms with Gasteiger partial charge in [0.2, 0.25) is 10.0 Å². The Morgan fingerprint density at radius 1 is 1.27 bits per heavy atom. The molecule has 0 fully saturated rings. The summed E-state index contributed by atoms with van der Waals surface area (Å²) < 4.78 is 30.5. The monoisotopic (exact) mass is 238 g/mol. The minimum atomic E-state index is -3.22. The summed E-state index contributed by atoms with van der Waals surface area (Å²) in [5.41, 5.74) is 0. The molecule has 15 heavy (non-hydrogen) atoms. The molecule has 0 aliphatic rings. The molecule has 0 aliphatic heterocycles. The van der Waals surface area contributed by atoms with Crippen LogP contribution in [0, 0.1) is 0 Å². The van der Waals surface area contributed by atoms with E-state index in [1.165, 1.54) is 7.11 Å². The van der Waals surface area contributed by atoms with Gasteiger partial charge in [0.05, 0.1) is 11.9 Å². The Kier molecular flexibility index (Phi) is 7.08. The summed E-state index contributed by atoms with van der Waals surface area (Å²) in [6, 6.07) is 0.293. The van der Waals surface area contributed by atoms with Crippen molar-refractivity contribution in [2.75, 3.05) is 26.8 Å². The molecular formula is C9H22N2O3S. The normalized spacial score (nSPS) is 14.5. The lowest BCUT2D eigenvalue weighted by atomic mass is 10.3. The van der Waals surface area contributed by atoms with Crippen LogP contribution in [-0.4, -0.2) is 46.5 Å². The maximum atomic E-state index is 11.6. The smallest absolute Gasteiger partial charge is 0.215 e. The Hall–Kier alpha value is -0.170. The van der Waals surface area contributed by atoms with Crippen LogP contribution < -0.4 is 10.0 Å². The van der Waals surface area contributed by atoms with E-state index in [-0.39, 0.29) is 0 Å². The van der Waals surface area contributed by atoms with Gasteiger partial charge >= 0.3 is 0 Å². The van der Waals surface area contributed by atoms with Crippen molar-refractivity contribution < 1.29 is 13.2 Å². The number of hydrogen-bond acceptors (Lipinski definition) is 4. The highest BCUT2D eigenvalue weighted by molar-refractivity contribution is 7.90. The van der Waals surface area contributed by atoms with Crippen molar-refractivity contribution in [1.82, 2.24) is 10.0 Å². The molecule has 0 radical (unpaired) electrons. The number of sulfonamides is 1. The first-order chi connectivity index (χ1) is 6.90. The number of nitrogens with one attached hydrogen (secondary N) is 2. The Bertz CT molecular complexity index is 252. The predicted molar refractivity (Wildman–Crippen MR) is 61.4 cm³/mol. The summed E-state index contributed by atoms with van der Waals surface area (Å²) in [7, 11) is -1.68. The first-order valence-electron chi connectivity index (χ1n) is 5.11. The molecule has 0 spiro atoms. The molecule has 0 heterocycles. The van der Waals surface area contributed by atoms with Crippen molar-refractivity contribution in [3.63, 3.8) is 0 Å². The van der Waals surface area contributed by atoms with Crippen molar-refractivity contribution in [2.24, 2.45) is 0 Å². The van der Waals surface area contributed by atoms with Gasteiger partial charge < -0.3 is 10.1 Å². The molecular weight excluding hydrogens is 216 g/mol. The number of ether oxygens (including phenoxy) is 1. The van der Waals surface area contributed by atoms with Crippen LogP contribution in [0.15, 0.2) is 0 Å². The first kappa shape index (κ1) is 14.8. The van der Waals surface area contributed by atoms with Crippen LogP contribution in [0.1, 0.15) is 20.8 Å². The number of methoxy groups -OCH3 is 1. The van der Waals surface area contributed by atoms with Crippen LogP contribution in [-0.2, 0) is 14.8 Å². The molecule has 5 nitrogen and oxygen atoms in total. The summed E-state index contributed by atoms with van der Waals surface area (Å²) in [5, 5.41) is 2.66. The molecule has 1 unspecified atom stereocenters. The molecule has 0 aliphatic carbocycles. The van der Waals surface area contributed by atoms with E-state index in [4.69, 9.17) is 4.74 Å². The molecule has 0 aromatic rings. The molecule has 0 amide bonds. The van der Waals surface area contributed by atoms with Crippen molar-refractivity contribution in [3.05, 3.63) is 0 Å². The van der Waals surface area contributed by atoms with E-state index in [1.807, 2.05) is 13.8 Å². The van der Waals surface area contributed by atoms with Gasteiger partial charge in [0.25, 0.3) is 0 Å². The van der Waals surface area contributed by atoms with Gasteiger partial charge in [-0.3, -0.25) is 0 Å². The molecule has 0 saturated carbocycles. The summed E-state index contributed by atoms with van der Waals surface area (Å²) in [5.74, 6) is 0. The number of hydrogen-bond donors (Lipinski definition) is 2. The van der Waals surface area contributed by atoms with E-state index in [0.717, 1.165) is 0 Å². The van der Waals surface area contributed by atoms with Crippen LogP contribution in [0.25, 0.3) is 0 Å². The second kappa shape index (κ2) is 7.16. The third kappa shape index (κ3) is 6.83. The van der Waals surface area contributed by atoms with Crippen molar-refractivity contribution >= 4 is 10.0 Å². The van der Waals surface area contributed by atoms with Gasteiger partial charge in [0.1, 0.15) is 0 Å². The van der Waals surface area contributed by atoms with Crippen LogP contribution in [0.3, 0.4) is 0 Å². The zero-order valence-corrected chi connectivity index (χ0v) is 10.7. The highest BCUT2D eigenvalue weighted by atomic mass is 32.2. The number of rotatable bonds is 8. The molecule has 0 saturated heterocycles. The molecule has 92 valence electrons. The van der Waals surface area contributed by atoms with Gasteiger partial charge in [-0.25, -0.2) is 13.1 Å². The van der Waals surface area contributed by atoms with E-state index in [2.05, 4.69) is 10.0 Å². The van der Waals surface area contributed by atoms with Crippen LogP contribution in [0.5, 0.6) is 0 Å². The Morgan fingerprint density at radius 3 is 2.33 bits per heavy atom. The van der Waals surface area contributed by atoms with Gasteiger partial charge in [-0.05, 0) is 6.92 Å². The lowest BCUT2D eigenvalue weighted by molar-refractivity contribution is 0.204. The average molecular weight is 238 g/mol. The zero-order chi connectivity index (χ0) is 11.9. The third-order valence-electron chi connectivity index (χ3n) is 1.95. The fraction of sp³-hybridized carbons (Fsp3) is 1.00. The Labute approximate surface area is 92.6 Å². The maximum Gasteiger partial charge on any atom is 0.215 e. The van der Waals surface area contributed by atoms with Gasteiger partial charge in [-0.1, -0.05) is 13.8 Å². The molecule has 2 N–H and O–H groups in total. The highest BCUT2D eigenvalue weighted by Gasteiger charge is 2.19. The minimum absolute atomic E-state index is 0.293. The summed E-state index contributed by atoms with van der Waals surface area (Å²) >= 11 is 0. The highest BCUT2D eigenvalue weighted by Crippen LogP contribution is 1.96. The van der Waals surface area contributed by atoms with Gasteiger partial charge in [0, 0.05) is 26.2 Å². The molecule has 1 atom stereocenters. The third-order valence-corrected chi connectivity index (χ3v) is 3.79. The molecule has 6 heteroatoms. The van der Waals surface area contributed by atoms with Crippen molar-refractivity contribution in [3.8, 4) is 0 Å². The Morgan fingerprint density at radius 2 is 1.87 bits per heavy atom. The fourth-order valence-corrected chi connectivity index (χ4v) is 1.91. The second-order valence-electron chi connectivity index (χ2n) is 3.81. The molecule has 0 aromatic carbocycles. The van der Waals surface area contributed by atoms with E-state index < -0.39 is 15.3 Å².